The Hall–Kier alpha value is -4.46. The van der Waals surface area contributed by atoms with Gasteiger partial charge in [0.25, 0.3) is 0 Å². The largest absolute Gasteiger partial charge is 2.00 e. The van der Waals surface area contributed by atoms with Crippen LogP contribution in [0, 0.1) is 35.4 Å². The summed E-state index contributed by atoms with van der Waals surface area (Å²) in [5, 5.41) is 0. The van der Waals surface area contributed by atoms with E-state index in [9.17, 15) is 8.42 Å². The molecule has 0 N–H and O–H groups in total. The molecule has 8 bridgehead atoms. The molecule has 0 spiro atoms. The zero-order valence-electron chi connectivity index (χ0n) is 24.3. The van der Waals surface area contributed by atoms with Crippen LogP contribution in [0.4, 0.5) is 17.6 Å². The zero-order chi connectivity index (χ0) is 32.0. The van der Waals surface area contributed by atoms with Crippen molar-refractivity contribution in [3.8, 4) is 22.5 Å². The van der Waals surface area contributed by atoms with Crippen molar-refractivity contribution in [2.75, 3.05) is 0 Å². The second kappa shape index (κ2) is 13.0. The summed E-state index contributed by atoms with van der Waals surface area (Å²) in [5.74, 6) is -4.68. The van der Waals surface area contributed by atoms with Gasteiger partial charge in [-0.1, -0.05) is 101 Å². The summed E-state index contributed by atoms with van der Waals surface area (Å²) >= 11 is 0. The number of hydrogen-bond acceptors (Lipinski definition) is 4. The van der Waals surface area contributed by atoms with Crippen molar-refractivity contribution < 1.29 is 47.0 Å². The minimum Gasteiger partial charge on any atom is -0.301 e. The molecule has 4 nitrogen and oxygen atoms in total. The maximum Gasteiger partial charge on any atom is 2.00 e. The maximum absolute atomic E-state index is 16.4. The third kappa shape index (κ3) is 6.06. The Labute approximate surface area is 283 Å². The molecule has 2 aromatic heterocycles. The number of halogens is 4. The first-order valence-corrected chi connectivity index (χ1v) is 15.8. The van der Waals surface area contributed by atoms with Gasteiger partial charge in [0.2, 0.25) is 0 Å². The van der Waals surface area contributed by atoms with E-state index in [1.54, 1.807) is 66.7 Å². The van der Waals surface area contributed by atoms with Crippen LogP contribution in [0.1, 0.15) is 33.6 Å². The molecule has 3 heterocycles. The van der Waals surface area contributed by atoms with Gasteiger partial charge in [0, 0.05) is 29.4 Å². The van der Waals surface area contributed by atoms with Crippen LogP contribution in [-0.2, 0) is 50.2 Å². The zero-order valence-corrected chi connectivity index (χ0v) is 27.4. The average Bonchev–Trinajstić information content (AvgIpc) is 3.06. The van der Waals surface area contributed by atoms with Crippen LogP contribution in [0.3, 0.4) is 0 Å². The van der Waals surface area contributed by atoms with E-state index < -0.39 is 55.5 Å². The van der Waals surface area contributed by atoms with Crippen LogP contribution in [-0.4, -0.2) is 18.4 Å². The fourth-order valence-corrected chi connectivity index (χ4v) is 7.05. The molecule has 0 saturated carbocycles. The standard InChI is InChI=1S/C37H22F4N2O2S.Pt/c38-33-23-18-24-20-29(36(41)37(34(24)39)46(44,45)27-13-5-2-6-14-27)32-16-8-12-26(43-32)21-25-11-7-15-31(42-25)28(19-23)35(40)30(33)17-22-9-3-1-4-10-22;/h1-16H,17-18,21H2;/q-2;+2. The van der Waals surface area contributed by atoms with Crippen molar-refractivity contribution in [3.05, 3.63) is 166 Å². The first-order chi connectivity index (χ1) is 22.2. The van der Waals surface area contributed by atoms with Gasteiger partial charge >= 0.3 is 21.1 Å². The van der Waals surface area contributed by atoms with Crippen molar-refractivity contribution in [2.24, 2.45) is 0 Å². The Kier molecular flexibility index (Phi) is 8.96. The van der Waals surface area contributed by atoms with Gasteiger partial charge in [0.05, 0.1) is 21.4 Å². The molecule has 0 fully saturated rings. The molecular formula is C37H22F4N2O2PtS. The molecule has 4 aromatic carbocycles. The molecular weight excluding hydrogens is 808 g/mol. The predicted octanol–water partition coefficient (Wildman–Crippen LogP) is 7.88. The smallest absolute Gasteiger partial charge is 0.301 e. The summed E-state index contributed by atoms with van der Waals surface area (Å²) in [5.41, 5.74) is 0.209. The molecule has 10 heteroatoms. The van der Waals surface area contributed by atoms with Crippen LogP contribution in [0.2, 0.25) is 0 Å². The summed E-state index contributed by atoms with van der Waals surface area (Å²) in [6.07, 6.45) is -0.592. The number of hydrogen-bond donors (Lipinski definition) is 0. The molecule has 1 aliphatic heterocycles. The van der Waals surface area contributed by atoms with E-state index >= 15 is 17.6 Å². The molecule has 0 atom stereocenters. The van der Waals surface area contributed by atoms with Gasteiger partial charge in [-0.05, 0) is 54.1 Å². The van der Waals surface area contributed by atoms with Crippen LogP contribution < -0.4 is 0 Å². The minimum atomic E-state index is -4.74. The normalized spacial score (nSPS) is 12.2. The van der Waals surface area contributed by atoms with Crippen molar-refractivity contribution in [3.63, 3.8) is 0 Å². The fraction of sp³-hybridized carbons (Fsp3) is 0.0811. The number of sulfone groups is 1. The van der Waals surface area contributed by atoms with Gasteiger partial charge in [-0.3, -0.25) is 17.6 Å². The van der Waals surface area contributed by atoms with E-state index in [-0.39, 0.29) is 66.9 Å². The molecule has 7 rings (SSSR count). The Morgan fingerprint density at radius 3 is 1.72 bits per heavy atom. The van der Waals surface area contributed by atoms with Crippen LogP contribution in [0.25, 0.3) is 22.5 Å². The topological polar surface area (TPSA) is 59.9 Å². The maximum atomic E-state index is 16.4. The van der Waals surface area contributed by atoms with E-state index in [0.717, 1.165) is 0 Å². The van der Waals surface area contributed by atoms with Crippen molar-refractivity contribution in [1.82, 2.24) is 9.97 Å². The van der Waals surface area contributed by atoms with Gasteiger partial charge in [-0.15, -0.1) is 12.1 Å². The molecule has 0 aliphatic carbocycles. The molecule has 0 unspecified atom stereocenters. The third-order valence-electron chi connectivity index (χ3n) is 7.84. The molecule has 0 radical (unpaired) electrons. The summed E-state index contributed by atoms with van der Waals surface area (Å²) in [6, 6.07) is 30.7. The summed E-state index contributed by atoms with van der Waals surface area (Å²) in [4.78, 5) is 7.58. The minimum absolute atomic E-state index is 0. The summed E-state index contributed by atoms with van der Waals surface area (Å²) in [7, 11) is -4.74. The number of nitrogens with zero attached hydrogens (tertiary/aromatic N) is 2. The number of benzene rings is 4. The second-order valence-electron chi connectivity index (χ2n) is 10.9. The molecule has 0 saturated heterocycles. The number of pyridine rings is 2. The van der Waals surface area contributed by atoms with Crippen LogP contribution in [0.15, 0.2) is 107 Å². The fourth-order valence-electron chi connectivity index (χ4n) is 5.60. The molecule has 6 aromatic rings. The number of aromatic nitrogens is 2. The number of fused-ring (bicyclic) bond motifs is 10. The van der Waals surface area contributed by atoms with E-state index in [0.29, 0.717) is 17.0 Å². The monoisotopic (exact) mass is 829 g/mol. The molecule has 236 valence electrons. The van der Waals surface area contributed by atoms with Gasteiger partial charge in [0.1, 0.15) is 0 Å². The second-order valence-corrected chi connectivity index (χ2v) is 12.8. The van der Waals surface area contributed by atoms with Crippen molar-refractivity contribution in [1.29, 1.82) is 0 Å². The molecule has 47 heavy (non-hydrogen) atoms. The quantitative estimate of drug-likeness (QED) is 0.134. The Morgan fingerprint density at radius 1 is 0.596 bits per heavy atom. The predicted molar refractivity (Wildman–Crippen MR) is 164 cm³/mol. The summed E-state index contributed by atoms with van der Waals surface area (Å²) in [6.45, 7) is 0. The first-order valence-electron chi connectivity index (χ1n) is 14.3. The van der Waals surface area contributed by atoms with Gasteiger partial charge in [0.15, 0.2) is 9.84 Å². The van der Waals surface area contributed by atoms with E-state index in [1.807, 2.05) is 0 Å². The third-order valence-corrected chi connectivity index (χ3v) is 9.63. The SMILES string of the molecule is O=S(=O)(c1ccccc1)c1c(F)c2[c-]c(c1F)-c1cccc(n1)Cc1cccc(n1)-c1[c-]c(c(F)c(Cc3ccccc3)c1F)C2.[Pt+2]. The molecule has 1 aliphatic rings. The van der Waals surface area contributed by atoms with E-state index in [4.69, 9.17) is 0 Å². The van der Waals surface area contributed by atoms with E-state index in [2.05, 4.69) is 22.1 Å². The Balaban J connectivity index is 0.00000386. The van der Waals surface area contributed by atoms with Gasteiger partial charge in [-0.25, -0.2) is 8.42 Å². The number of rotatable bonds is 4. The molecule has 0 amide bonds. The van der Waals surface area contributed by atoms with Gasteiger partial charge < -0.3 is 9.97 Å². The Bertz CT molecular complexity index is 2250. The first kappa shape index (κ1) is 32.5. The van der Waals surface area contributed by atoms with Crippen molar-refractivity contribution in [2.45, 2.75) is 29.1 Å². The summed E-state index contributed by atoms with van der Waals surface area (Å²) < 4.78 is 92.6. The van der Waals surface area contributed by atoms with Crippen LogP contribution in [0.5, 0.6) is 0 Å². The Morgan fingerprint density at radius 2 is 1.13 bits per heavy atom. The van der Waals surface area contributed by atoms with Crippen molar-refractivity contribution >= 4 is 9.84 Å². The van der Waals surface area contributed by atoms with E-state index in [1.165, 1.54) is 30.3 Å². The van der Waals surface area contributed by atoms with Crippen LogP contribution >= 0.6 is 0 Å². The average molecular weight is 830 g/mol. The van der Waals surface area contributed by atoms with Gasteiger partial charge in [-0.2, -0.15) is 0 Å².